The van der Waals surface area contributed by atoms with Gasteiger partial charge in [0.05, 0.1) is 6.54 Å². The summed E-state index contributed by atoms with van der Waals surface area (Å²) < 4.78 is 6.56. The summed E-state index contributed by atoms with van der Waals surface area (Å²) in [5.41, 5.74) is 0. The molecule has 0 aliphatic carbocycles. The van der Waals surface area contributed by atoms with Crippen LogP contribution in [0, 0.1) is 12.8 Å². The van der Waals surface area contributed by atoms with Crippen molar-refractivity contribution in [2.45, 2.75) is 59.3 Å². The number of carbonyl (C=O) groups is 2. The van der Waals surface area contributed by atoms with Crippen molar-refractivity contribution in [3.8, 4) is 12.8 Å². The number of amides is 1. The molecule has 0 radical (unpaired) electrons. The van der Waals surface area contributed by atoms with Crippen LogP contribution in [0.25, 0.3) is 0 Å². The highest BCUT2D eigenvalue weighted by Crippen LogP contribution is 2.04. The average molecular weight is 340 g/mol. The number of hydrogen-bond acceptors (Lipinski definition) is 3. The predicted molar refractivity (Wildman–Crippen MR) is 101 cm³/mol. The van der Waals surface area contributed by atoms with Gasteiger partial charge in [0.2, 0.25) is 12.1 Å². The van der Waals surface area contributed by atoms with Gasteiger partial charge in [-0.15, -0.1) is 12.8 Å². The summed E-state index contributed by atoms with van der Waals surface area (Å²) in [5.74, 6) is -0.219. The largest absolute Gasteiger partial charge is 0.487 e. The van der Waals surface area contributed by atoms with Crippen LogP contribution in [0.4, 0.5) is 0 Å². The van der Waals surface area contributed by atoms with Crippen molar-refractivity contribution in [3.63, 3.8) is 0 Å². The second kappa shape index (κ2) is 23.2. The second-order valence-corrected chi connectivity index (χ2v) is 4.83. The monoisotopic (exact) mass is 339 g/mol. The van der Waals surface area contributed by atoms with Gasteiger partial charge in [0.15, 0.2) is 5.78 Å². The summed E-state index contributed by atoms with van der Waals surface area (Å²) in [5, 5.41) is 2.61. The van der Waals surface area contributed by atoms with E-state index in [2.05, 4.69) is 31.8 Å². The third kappa shape index (κ3) is 24.9. The van der Waals surface area contributed by atoms with Gasteiger partial charge in [-0.05, 0) is 6.42 Å². The Kier molecular flexibility index (Phi) is 25.9. The number of nitrogens with one attached hydrogen (secondary N) is 1. The van der Waals surface area contributed by atoms with Crippen LogP contribution in [0.2, 0.25) is 0 Å². The third-order valence-corrected chi connectivity index (χ3v) is 2.65. The number of unbranched alkanes of at least 4 members (excludes halogenated alkanes) is 4. The number of rotatable bonds is 12. The molecule has 0 aromatic rings. The highest BCUT2D eigenvalue weighted by molar-refractivity contribution is 5.86. The zero-order chi connectivity index (χ0) is 19.2. The zero-order valence-electron chi connectivity index (χ0n) is 15.8. The van der Waals surface area contributed by atoms with E-state index in [9.17, 15) is 9.59 Å². The molecule has 138 valence electrons. The van der Waals surface area contributed by atoms with Gasteiger partial charge in [-0.2, -0.15) is 0 Å². The van der Waals surface area contributed by atoms with E-state index in [0.717, 1.165) is 12.8 Å². The first-order valence-corrected chi connectivity index (χ1v) is 8.49. The van der Waals surface area contributed by atoms with E-state index in [0.29, 0.717) is 6.42 Å². The molecule has 5 nitrogen and oxygen atoms in total. The lowest BCUT2D eigenvalue weighted by atomic mass is 10.1. The number of ether oxygens (including phenoxy) is 1. The number of ketones is 1. The Morgan fingerprint density at radius 3 is 2.29 bits per heavy atom. The molecule has 0 aliphatic heterocycles. The minimum Gasteiger partial charge on any atom is -0.487 e. The highest BCUT2D eigenvalue weighted by atomic mass is 16.5. The van der Waals surface area contributed by atoms with Crippen molar-refractivity contribution in [1.82, 2.24) is 5.32 Å². The van der Waals surface area contributed by atoms with Crippen LogP contribution in [0.15, 0.2) is 12.5 Å². The first kappa shape index (κ1) is 26.8. The van der Waals surface area contributed by atoms with Crippen LogP contribution in [0.3, 0.4) is 0 Å². The number of nitrogens with zero attached hydrogens (tertiary/aromatic N) is 1. The average Bonchev–Trinajstić information content (AvgIpc) is 2.60. The van der Waals surface area contributed by atoms with Crippen LogP contribution >= 0.6 is 0 Å². The first-order valence-electron chi connectivity index (χ1n) is 8.49. The third-order valence-electron chi connectivity index (χ3n) is 2.65. The van der Waals surface area contributed by atoms with Crippen molar-refractivity contribution in [2.24, 2.45) is 0 Å². The van der Waals surface area contributed by atoms with Crippen molar-refractivity contribution in [1.29, 1.82) is 0 Å². The summed E-state index contributed by atoms with van der Waals surface area (Å²) in [6, 6.07) is 0. The van der Waals surface area contributed by atoms with Crippen molar-refractivity contribution >= 4 is 18.4 Å². The number of hydrogen-bond donors (Lipinski definition) is 1. The van der Waals surface area contributed by atoms with E-state index >= 15 is 0 Å². The summed E-state index contributed by atoms with van der Waals surface area (Å²) in [6.07, 6.45) is 17.0. The molecule has 5 heteroatoms. The van der Waals surface area contributed by atoms with E-state index in [1.807, 2.05) is 13.8 Å². The lowest BCUT2D eigenvalue weighted by Gasteiger charge is -2.04. The van der Waals surface area contributed by atoms with Gasteiger partial charge in [-0.25, -0.2) is 4.58 Å². The van der Waals surface area contributed by atoms with Crippen molar-refractivity contribution in [3.05, 3.63) is 12.5 Å². The Morgan fingerprint density at radius 2 is 1.75 bits per heavy atom. The van der Waals surface area contributed by atoms with Crippen LogP contribution < -0.4 is 5.32 Å². The molecule has 1 amide bonds. The molecule has 0 unspecified atom stereocenters. The number of carbonyl (C=O) groups excluding carboxylic acids is 2. The summed E-state index contributed by atoms with van der Waals surface area (Å²) in [6.45, 7) is 9.73. The summed E-state index contributed by atoms with van der Waals surface area (Å²) in [4.78, 5) is 22.9. The Labute approximate surface area is 148 Å². The molecular weight excluding hydrogens is 304 g/mol. The minimum absolute atomic E-state index is 0.0296. The molecule has 0 saturated heterocycles. The normalized spacial score (nSPS) is 9.08. The van der Waals surface area contributed by atoms with E-state index in [1.165, 1.54) is 25.5 Å². The molecule has 0 rings (SSSR count). The molecule has 0 fully saturated rings. The van der Waals surface area contributed by atoms with Crippen molar-refractivity contribution < 1.29 is 18.9 Å². The minimum atomic E-state index is -0.152. The lowest BCUT2D eigenvalue weighted by Crippen LogP contribution is -2.30. The Hall–Kier alpha value is -2.09. The number of Topliss-reactive ketones (excluding diaryl/α,β-unsaturated/α-hetero) is 1. The van der Waals surface area contributed by atoms with Gasteiger partial charge in [0.25, 0.3) is 0 Å². The van der Waals surface area contributed by atoms with Crippen LogP contribution in [0.5, 0.6) is 0 Å². The molecule has 0 aromatic heterocycles. The van der Waals surface area contributed by atoms with Crippen LogP contribution in [0.1, 0.15) is 59.3 Å². The van der Waals surface area contributed by atoms with Crippen LogP contribution in [-0.2, 0) is 14.3 Å². The molecular formula is C19H35N2O3+. The van der Waals surface area contributed by atoms with E-state index in [4.69, 9.17) is 4.74 Å². The highest BCUT2D eigenvalue weighted by Gasteiger charge is 2.05. The fourth-order valence-electron chi connectivity index (χ4n) is 1.51. The summed E-state index contributed by atoms with van der Waals surface area (Å²) in [7, 11) is 1.75. The fraction of sp³-hybridized carbons (Fsp3) is 0.632. The molecule has 0 saturated carbocycles. The van der Waals surface area contributed by atoms with E-state index in [-0.39, 0.29) is 24.8 Å². The van der Waals surface area contributed by atoms with Gasteiger partial charge in [-0.1, -0.05) is 46.5 Å². The smallest absolute Gasteiger partial charge is 0.220 e. The molecule has 1 N–H and O–H groups in total. The summed E-state index contributed by atoms with van der Waals surface area (Å²) >= 11 is 0. The maximum absolute atomic E-state index is 11.5. The van der Waals surface area contributed by atoms with Gasteiger partial charge in [-0.3, -0.25) is 9.59 Å². The Morgan fingerprint density at radius 1 is 1.17 bits per heavy atom. The predicted octanol–water partition coefficient (Wildman–Crippen LogP) is 3.14. The molecule has 0 spiro atoms. The fourth-order valence-corrected chi connectivity index (χ4v) is 1.51. The Bertz CT molecular complexity index is 374. The van der Waals surface area contributed by atoms with Crippen molar-refractivity contribution in [2.75, 3.05) is 20.2 Å². The molecule has 0 heterocycles. The Balaban J connectivity index is -0.00000102. The first-order chi connectivity index (χ1) is 11.6. The maximum Gasteiger partial charge on any atom is 0.220 e. The maximum atomic E-state index is 11.5. The topological polar surface area (TPSA) is 58.4 Å². The molecule has 0 aliphatic rings. The van der Waals surface area contributed by atoms with Gasteiger partial charge in [0.1, 0.15) is 26.6 Å². The molecule has 24 heavy (non-hydrogen) atoms. The van der Waals surface area contributed by atoms with E-state index < -0.39 is 0 Å². The molecule has 0 aromatic carbocycles. The molecule has 0 bridgehead atoms. The van der Waals surface area contributed by atoms with Gasteiger partial charge < -0.3 is 10.1 Å². The SMILES string of the molecule is C#C.C=[N+](C)/C=C\OCC(=O)CNC(=O)CCCCCCC.CC. The van der Waals surface area contributed by atoms with Gasteiger partial charge >= 0.3 is 0 Å². The van der Waals surface area contributed by atoms with Crippen LogP contribution in [-0.4, -0.2) is 43.2 Å². The zero-order valence-corrected chi connectivity index (χ0v) is 15.8. The molecule has 0 atom stereocenters. The number of terminal acetylenes is 1. The second-order valence-electron chi connectivity index (χ2n) is 4.83. The quantitative estimate of drug-likeness (QED) is 0.195. The standard InChI is InChI=1S/C15H26N2O3.C2H6.C2H2/c1-4-5-6-7-8-9-15(19)16-12-14(18)13-20-11-10-17(2)3;2*1-2/h10-11H,2,4-9,12-13H2,1,3H3;1-2H3;1-2H/p+1/b11-10-;;. The van der Waals surface area contributed by atoms with Gasteiger partial charge in [0, 0.05) is 6.42 Å². The lowest BCUT2D eigenvalue weighted by molar-refractivity contribution is -0.413. The van der Waals surface area contributed by atoms with E-state index in [1.54, 1.807) is 17.8 Å².